The van der Waals surface area contributed by atoms with Crippen LogP contribution in [-0.4, -0.2) is 0 Å². The highest BCUT2D eigenvalue weighted by molar-refractivity contribution is 5.54. The maximum Gasteiger partial charge on any atom is -0.0132 e. The van der Waals surface area contributed by atoms with E-state index in [-0.39, 0.29) is 0 Å². The van der Waals surface area contributed by atoms with Crippen molar-refractivity contribution < 1.29 is 0 Å². The summed E-state index contributed by atoms with van der Waals surface area (Å²) in [6.07, 6.45) is 11.4. The van der Waals surface area contributed by atoms with Gasteiger partial charge in [-0.05, 0) is 82.6 Å². The fourth-order valence-corrected chi connectivity index (χ4v) is 2.69. The zero-order valence-corrected chi connectivity index (χ0v) is 16.7. The van der Waals surface area contributed by atoms with Crippen molar-refractivity contribution in [2.45, 2.75) is 74.1 Å². The molecule has 0 N–H and O–H groups in total. The summed E-state index contributed by atoms with van der Waals surface area (Å²) in [5, 5.41) is 0. The Morgan fingerprint density at radius 1 is 0.913 bits per heavy atom. The minimum absolute atomic E-state index is 1.12. The van der Waals surface area contributed by atoms with Crippen molar-refractivity contribution >= 4 is 0 Å². The standard InChI is InChI=1S/C16H22.C3H6.C2H6.C2H4/c1-11-7-5-9-16-14(4)12(2)8-6-10-15(16)13(11)3;1-3-2;2*1-2/h5,9H,6-8,10H2,1-4H3;3H,1H2,2H3;1-2H3;1-2H2. The van der Waals surface area contributed by atoms with Gasteiger partial charge in [0.1, 0.15) is 0 Å². The topological polar surface area (TPSA) is 0 Å². The minimum Gasteiger partial charge on any atom is -0.106 e. The molecule has 0 saturated heterocycles. The van der Waals surface area contributed by atoms with E-state index < -0.39 is 0 Å². The lowest BCUT2D eigenvalue weighted by Crippen LogP contribution is -1.93. The summed E-state index contributed by atoms with van der Waals surface area (Å²) >= 11 is 0. The second kappa shape index (κ2) is 14.1. The molecular weight excluding hydrogens is 276 g/mol. The number of rotatable bonds is 0. The average Bonchev–Trinajstić information content (AvgIpc) is 2.80. The van der Waals surface area contributed by atoms with Gasteiger partial charge >= 0.3 is 0 Å². The predicted octanol–water partition coefficient (Wildman–Crippen LogP) is 8.12. The largest absolute Gasteiger partial charge is 0.106 e. The van der Waals surface area contributed by atoms with Crippen LogP contribution in [0.4, 0.5) is 0 Å². The first kappa shape index (κ1) is 23.7. The predicted molar refractivity (Wildman–Crippen MR) is 110 cm³/mol. The maximum absolute atomic E-state index is 3.36. The molecule has 0 aromatic rings. The second-order valence-corrected chi connectivity index (χ2v) is 5.57. The van der Waals surface area contributed by atoms with Crippen LogP contribution in [0.25, 0.3) is 0 Å². The monoisotopic (exact) mass is 314 g/mol. The molecule has 0 saturated carbocycles. The molecule has 0 aliphatic heterocycles. The fourth-order valence-electron chi connectivity index (χ4n) is 2.69. The van der Waals surface area contributed by atoms with Crippen LogP contribution in [-0.2, 0) is 0 Å². The van der Waals surface area contributed by atoms with Gasteiger partial charge < -0.3 is 0 Å². The van der Waals surface area contributed by atoms with Crippen LogP contribution < -0.4 is 0 Å². The van der Waals surface area contributed by atoms with Crippen LogP contribution in [0.1, 0.15) is 74.1 Å². The van der Waals surface area contributed by atoms with Crippen molar-refractivity contribution in [2.24, 2.45) is 0 Å². The first-order chi connectivity index (χ1) is 11.0. The lowest BCUT2D eigenvalue weighted by molar-refractivity contribution is 0.813. The van der Waals surface area contributed by atoms with Gasteiger partial charge in [0.15, 0.2) is 0 Å². The molecule has 0 bridgehead atoms. The third-order valence-corrected chi connectivity index (χ3v) is 4.15. The van der Waals surface area contributed by atoms with Gasteiger partial charge in [0.25, 0.3) is 0 Å². The van der Waals surface area contributed by atoms with Crippen molar-refractivity contribution in [2.75, 3.05) is 0 Å². The first-order valence-corrected chi connectivity index (χ1v) is 8.83. The van der Waals surface area contributed by atoms with Gasteiger partial charge in [0.2, 0.25) is 0 Å². The molecule has 0 amide bonds. The Morgan fingerprint density at radius 2 is 1.43 bits per heavy atom. The molecule has 0 heteroatoms. The van der Waals surface area contributed by atoms with Gasteiger partial charge in [-0.15, -0.1) is 19.7 Å². The molecule has 0 heterocycles. The summed E-state index contributed by atoms with van der Waals surface area (Å²) in [4.78, 5) is 0. The molecule has 2 rings (SSSR count). The smallest absolute Gasteiger partial charge is 0.0132 e. The van der Waals surface area contributed by atoms with Crippen molar-refractivity contribution in [3.63, 3.8) is 0 Å². The van der Waals surface area contributed by atoms with Crippen LogP contribution in [0.3, 0.4) is 0 Å². The van der Waals surface area contributed by atoms with Gasteiger partial charge in [-0.2, -0.15) is 0 Å². The Kier molecular flexibility index (Phi) is 14.5. The Balaban J connectivity index is 0. The fraction of sp³-hybridized carbons (Fsp3) is 0.478. The molecule has 0 nitrogen and oxygen atoms in total. The normalized spacial score (nSPS) is 16.5. The van der Waals surface area contributed by atoms with Gasteiger partial charge in [-0.1, -0.05) is 43.2 Å². The van der Waals surface area contributed by atoms with Crippen LogP contribution in [0.2, 0.25) is 0 Å². The van der Waals surface area contributed by atoms with Gasteiger partial charge in [-0.25, -0.2) is 0 Å². The van der Waals surface area contributed by atoms with E-state index in [2.05, 4.69) is 59.6 Å². The van der Waals surface area contributed by atoms with E-state index in [9.17, 15) is 0 Å². The number of hydrogen-bond donors (Lipinski definition) is 0. The molecule has 23 heavy (non-hydrogen) atoms. The minimum atomic E-state index is 1.12. The molecule has 0 fully saturated rings. The highest BCUT2D eigenvalue weighted by Gasteiger charge is 2.16. The number of hydrogen-bond acceptors (Lipinski definition) is 0. The molecule has 0 spiro atoms. The molecule has 2 aliphatic rings. The van der Waals surface area contributed by atoms with Crippen LogP contribution >= 0.6 is 0 Å². The van der Waals surface area contributed by atoms with Crippen molar-refractivity contribution in [1.82, 2.24) is 0 Å². The van der Waals surface area contributed by atoms with E-state index in [1.807, 2.05) is 20.8 Å². The molecule has 130 valence electrons. The average molecular weight is 315 g/mol. The molecule has 0 radical (unpaired) electrons. The Hall–Kier alpha value is -1.56. The number of allylic oxidation sites excluding steroid dienone is 9. The highest BCUT2D eigenvalue weighted by atomic mass is 14.2. The molecular formula is C23H38. The van der Waals surface area contributed by atoms with E-state index in [4.69, 9.17) is 0 Å². The summed E-state index contributed by atoms with van der Waals surface area (Å²) in [7, 11) is 0. The molecule has 0 unspecified atom stereocenters. The Bertz CT molecular complexity index is 478. The zero-order valence-electron chi connectivity index (χ0n) is 16.7. The quantitative estimate of drug-likeness (QED) is 0.396. The van der Waals surface area contributed by atoms with E-state index in [1.54, 1.807) is 17.2 Å². The summed E-state index contributed by atoms with van der Waals surface area (Å²) in [5.41, 5.74) is 9.26. The summed E-state index contributed by atoms with van der Waals surface area (Å²) in [5.74, 6) is 0. The van der Waals surface area contributed by atoms with Crippen molar-refractivity contribution in [3.8, 4) is 0 Å². The summed E-state index contributed by atoms with van der Waals surface area (Å²) in [6, 6.07) is 0. The summed E-state index contributed by atoms with van der Waals surface area (Å²) < 4.78 is 0. The van der Waals surface area contributed by atoms with Gasteiger partial charge in [0, 0.05) is 0 Å². The lowest BCUT2D eigenvalue weighted by atomic mass is 9.93. The highest BCUT2D eigenvalue weighted by Crippen LogP contribution is 2.36. The molecule has 0 aromatic carbocycles. The molecule has 0 aromatic heterocycles. The third kappa shape index (κ3) is 7.50. The van der Waals surface area contributed by atoms with E-state index in [0.29, 0.717) is 0 Å². The SMILES string of the molecule is C=C.C=CC.CC.CC1=C(C)C2=C(CCC1)C(C)=C(C)CC=C2. The Morgan fingerprint density at radius 3 is 1.96 bits per heavy atom. The maximum atomic E-state index is 3.36. The van der Waals surface area contributed by atoms with E-state index in [0.717, 1.165) is 6.42 Å². The van der Waals surface area contributed by atoms with E-state index >= 15 is 0 Å². The zero-order chi connectivity index (χ0) is 18.4. The van der Waals surface area contributed by atoms with E-state index in [1.165, 1.54) is 41.6 Å². The third-order valence-electron chi connectivity index (χ3n) is 4.15. The summed E-state index contributed by atoms with van der Waals surface area (Å²) in [6.45, 7) is 24.4. The molecule has 2 aliphatic carbocycles. The van der Waals surface area contributed by atoms with Crippen LogP contribution in [0.15, 0.2) is 71.4 Å². The lowest BCUT2D eigenvalue weighted by Gasteiger charge is -2.12. The molecule has 0 atom stereocenters. The van der Waals surface area contributed by atoms with Crippen molar-refractivity contribution in [3.05, 3.63) is 71.4 Å². The van der Waals surface area contributed by atoms with Gasteiger partial charge in [0.05, 0.1) is 0 Å². The van der Waals surface area contributed by atoms with Gasteiger partial charge in [-0.3, -0.25) is 0 Å². The van der Waals surface area contributed by atoms with Crippen molar-refractivity contribution in [1.29, 1.82) is 0 Å². The van der Waals surface area contributed by atoms with Crippen LogP contribution in [0.5, 0.6) is 0 Å². The first-order valence-electron chi connectivity index (χ1n) is 8.83. The van der Waals surface area contributed by atoms with Crippen LogP contribution in [0, 0.1) is 0 Å². The second-order valence-electron chi connectivity index (χ2n) is 5.57. The Labute approximate surface area is 146 Å².